The number of carbonyl (C=O) groups is 1. The predicted octanol–water partition coefficient (Wildman–Crippen LogP) is 1.68. The Bertz CT molecular complexity index is 454. The Morgan fingerprint density at radius 1 is 1.41 bits per heavy atom. The topological polar surface area (TPSA) is 35.9 Å². The number of benzene rings is 1. The molecule has 1 aliphatic rings. The molecule has 1 unspecified atom stereocenters. The zero-order valence-corrected chi connectivity index (χ0v) is 10.4. The highest BCUT2D eigenvalue weighted by molar-refractivity contribution is 5.81. The zero-order chi connectivity index (χ0) is 12.4. The fourth-order valence-corrected chi connectivity index (χ4v) is 2.04. The second-order valence-electron chi connectivity index (χ2n) is 4.43. The Labute approximate surface area is 102 Å². The van der Waals surface area contributed by atoms with Crippen molar-refractivity contribution >= 4 is 17.8 Å². The second-order valence-corrected chi connectivity index (χ2v) is 4.43. The maximum absolute atomic E-state index is 11.2. The van der Waals surface area contributed by atoms with Crippen LogP contribution in [0, 0.1) is 0 Å². The molecular weight excluding hydrogens is 214 g/mol. The third-order valence-electron chi connectivity index (χ3n) is 2.94. The first-order valence-corrected chi connectivity index (χ1v) is 5.68. The molecule has 1 atom stereocenters. The summed E-state index contributed by atoms with van der Waals surface area (Å²) < 4.78 is 0. The summed E-state index contributed by atoms with van der Waals surface area (Å²) in [6.07, 6.45) is 1.85. The van der Waals surface area contributed by atoms with Crippen molar-refractivity contribution < 1.29 is 4.79 Å². The fraction of sp³-hybridized carbons (Fsp3) is 0.385. The van der Waals surface area contributed by atoms with Crippen molar-refractivity contribution in [2.45, 2.75) is 12.8 Å². The number of carbonyl (C=O) groups excluding carboxylic acids is 1. The molecule has 1 aromatic carbocycles. The molecule has 0 spiro atoms. The van der Waals surface area contributed by atoms with Crippen molar-refractivity contribution in [2.75, 3.05) is 25.5 Å². The molecule has 1 aromatic rings. The van der Waals surface area contributed by atoms with Crippen molar-refractivity contribution in [1.82, 2.24) is 5.01 Å². The van der Waals surface area contributed by atoms with E-state index in [0.717, 1.165) is 0 Å². The van der Waals surface area contributed by atoms with Crippen LogP contribution in [0.2, 0.25) is 0 Å². The molecule has 1 aliphatic heterocycles. The Hall–Kier alpha value is -1.84. The third-order valence-corrected chi connectivity index (χ3v) is 2.94. The van der Waals surface area contributed by atoms with Crippen molar-refractivity contribution in [3.05, 3.63) is 29.8 Å². The van der Waals surface area contributed by atoms with Gasteiger partial charge in [0, 0.05) is 38.8 Å². The van der Waals surface area contributed by atoms with Gasteiger partial charge in [-0.1, -0.05) is 18.2 Å². The molecule has 0 fully saturated rings. The number of hydrogen-bond donors (Lipinski definition) is 0. The largest absolute Gasteiger partial charge is 0.377 e. The molecule has 4 heteroatoms. The van der Waals surface area contributed by atoms with Crippen molar-refractivity contribution in [3.63, 3.8) is 0 Å². The van der Waals surface area contributed by atoms with Crippen molar-refractivity contribution in [1.29, 1.82) is 0 Å². The molecule has 0 radical (unpaired) electrons. The Balaban J connectivity index is 2.25. The minimum atomic E-state index is -0.00826. The quantitative estimate of drug-likeness (QED) is 0.776. The lowest BCUT2D eigenvalue weighted by Crippen LogP contribution is -2.23. The van der Waals surface area contributed by atoms with Crippen LogP contribution in [0.5, 0.6) is 0 Å². The van der Waals surface area contributed by atoms with E-state index in [1.165, 1.54) is 23.2 Å². The minimum Gasteiger partial charge on any atom is -0.377 e. The van der Waals surface area contributed by atoms with Crippen LogP contribution in [-0.2, 0) is 4.79 Å². The lowest BCUT2D eigenvalue weighted by Gasteiger charge is -2.20. The molecule has 1 amide bonds. The summed E-state index contributed by atoms with van der Waals surface area (Å²) in [6.45, 7) is 2.18. The highest BCUT2D eigenvalue weighted by Gasteiger charge is 2.23. The van der Waals surface area contributed by atoms with Crippen LogP contribution < -0.4 is 4.90 Å². The van der Waals surface area contributed by atoms with Crippen molar-refractivity contribution in [3.8, 4) is 0 Å². The standard InChI is InChI=1S/C13H17N3O/c1-10(17)16-9-11(8-14-16)12-6-4-5-7-13(12)15(2)3/h4-8,11H,9H2,1-3H3. The smallest absolute Gasteiger partial charge is 0.239 e. The Morgan fingerprint density at radius 3 is 2.71 bits per heavy atom. The fourth-order valence-electron chi connectivity index (χ4n) is 2.04. The summed E-state index contributed by atoms with van der Waals surface area (Å²) in [6, 6.07) is 8.22. The van der Waals surface area contributed by atoms with Gasteiger partial charge in [0.15, 0.2) is 0 Å². The summed E-state index contributed by atoms with van der Waals surface area (Å²) in [4.78, 5) is 13.3. The van der Waals surface area contributed by atoms with Crippen LogP contribution in [0.4, 0.5) is 5.69 Å². The molecule has 0 aliphatic carbocycles. The van der Waals surface area contributed by atoms with Crippen LogP contribution in [0.1, 0.15) is 18.4 Å². The van der Waals surface area contributed by atoms with Gasteiger partial charge < -0.3 is 4.90 Å². The van der Waals surface area contributed by atoms with E-state index in [1.807, 2.05) is 32.4 Å². The minimum absolute atomic E-state index is 0.00826. The van der Waals surface area contributed by atoms with Crippen LogP contribution in [0.25, 0.3) is 0 Å². The number of hydrazone groups is 1. The first-order chi connectivity index (χ1) is 8.09. The monoisotopic (exact) mass is 231 g/mol. The lowest BCUT2D eigenvalue weighted by atomic mass is 9.98. The normalized spacial score (nSPS) is 18.5. The molecule has 1 heterocycles. The molecule has 0 bridgehead atoms. The SMILES string of the molecule is CC(=O)N1CC(c2ccccc2N(C)C)C=N1. The van der Waals surface area contributed by atoms with E-state index in [4.69, 9.17) is 0 Å². The number of nitrogens with zero attached hydrogens (tertiary/aromatic N) is 3. The molecule has 17 heavy (non-hydrogen) atoms. The zero-order valence-electron chi connectivity index (χ0n) is 10.4. The first kappa shape index (κ1) is 11.6. The molecule has 0 saturated carbocycles. The van der Waals surface area contributed by atoms with Gasteiger partial charge in [-0.05, 0) is 11.6 Å². The molecule has 0 aromatic heterocycles. The molecule has 2 rings (SSSR count). The van der Waals surface area contributed by atoms with E-state index in [0.29, 0.717) is 6.54 Å². The van der Waals surface area contributed by atoms with Crippen molar-refractivity contribution in [2.24, 2.45) is 5.10 Å². The van der Waals surface area contributed by atoms with Crippen LogP contribution >= 0.6 is 0 Å². The molecule has 0 N–H and O–H groups in total. The van der Waals surface area contributed by atoms with Gasteiger partial charge in [-0.3, -0.25) is 4.79 Å². The second kappa shape index (κ2) is 4.57. The van der Waals surface area contributed by atoms with Gasteiger partial charge in [0.2, 0.25) is 5.91 Å². The average molecular weight is 231 g/mol. The Morgan fingerprint density at radius 2 is 2.12 bits per heavy atom. The molecule has 4 nitrogen and oxygen atoms in total. The highest BCUT2D eigenvalue weighted by atomic mass is 16.2. The maximum atomic E-state index is 11.2. The lowest BCUT2D eigenvalue weighted by molar-refractivity contribution is -0.128. The van der Waals surface area contributed by atoms with Crippen LogP contribution in [0.3, 0.4) is 0 Å². The van der Waals surface area contributed by atoms with E-state index in [1.54, 1.807) is 0 Å². The number of hydrogen-bond acceptors (Lipinski definition) is 3. The maximum Gasteiger partial charge on any atom is 0.239 e. The summed E-state index contributed by atoms with van der Waals surface area (Å²) in [5.41, 5.74) is 2.39. The van der Waals surface area contributed by atoms with Gasteiger partial charge in [0.05, 0.1) is 6.54 Å². The van der Waals surface area contributed by atoms with E-state index in [-0.39, 0.29) is 11.8 Å². The van der Waals surface area contributed by atoms with Crippen LogP contribution in [-0.4, -0.2) is 37.8 Å². The summed E-state index contributed by atoms with van der Waals surface area (Å²) in [7, 11) is 4.04. The number of rotatable bonds is 2. The third kappa shape index (κ3) is 2.30. The summed E-state index contributed by atoms with van der Waals surface area (Å²) in [5.74, 6) is 0.184. The van der Waals surface area contributed by atoms with E-state index in [2.05, 4.69) is 22.1 Å². The van der Waals surface area contributed by atoms with Crippen LogP contribution in [0.15, 0.2) is 29.4 Å². The molecular formula is C13H17N3O. The first-order valence-electron chi connectivity index (χ1n) is 5.68. The van der Waals surface area contributed by atoms with E-state index < -0.39 is 0 Å². The molecule has 90 valence electrons. The number of para-hydroxylation sites is 1. The average Bonchev–Trinajstić information content (AvgIpc) is 2.78. The van der Waals surface area contributed by atoms with Gasteiger partial charge in [0.1, 0.15) is 0 Å². The Kier molecular flexibility index (Phi) is 3.13. The number of amides is 1. The summed E-state index contributed by atoms with van der Waals surface area (Å²) >= 11 is 0. The number of anilines is 1. The van der Waals surface area contributed by atoms with E-state index >= 15 is 0 Å². The van der Waals surface area contributed by atoms with Gasteiger partial charge in [-0.15, -0.1) is 0 Å². The molecule has 0 saturated heterocycles. The van der Waals surface area contributed by atoms with E-state index in [9.17, 15) is 4.79 Å². The van der Waals surface area contributed by atoms with Gasteiger partial charge in [0.25, 0.3) is 0 Å². The highest BCUT2D eigenvalue weighted by Crippen LogP contribution is 2.28. The summed E-state index contributed by atoms with van der Waals surface area (Å²) in [5, 5.41) is 5.64. The van der Waals surface area contributed by atoms with Gasteiger partial charge >= 0.3 is 0 Å². The van der Waals surface area contributed by atoms with Gasteiger partial charge in [-0.2, -0.15) is 5.10 Å². The van der Waals surface area contributed by atoms with Gasteiger partial charge in [-0.25, -0.2) is 5.01 Å². The predicted molar refractivity (Wildman–Crippen MR) is 69.4 cm³/mol.